The summed E-state index contributed by atoms with van der Waals surface area (Å²) in [7, 11) is 0. The normalized spacial score (nSPS) is 15.8. The molecule has 0 amide bonds. The first-order chi connectivity index (χ1) is 27.8. The molecule has 12 rings (SSSR count). The van der Waals surface area contributed by atoms with Gasteiger partial charge in [-0.1, -0.05) is 133 Å². The Morgan fingerprint density at radius 2 is 1.20 bits per heavy atom. The van der Waals surface area contributed by atoms with Crippen molar-refractivity contribution < 1.29 is 0 Å². The highest BCUT2D eigenvalue weighted by Crippen LogP contribution is 2.65. The number of rotatable bonds is 3. The van der Waals surface area contributed by atoms with E-state index in [2.05, 4.69) is 174 Å². The molecule has 1 aliphatic carbocycles. The fourth-order valence-electron chi connectivity index (χ4n) is 9.09. The molecule has 1 spiro atoms. The summed E-state index contributed by atoms with van der Waals surface area (Å²) in [5.74, 6) is 0. The van der Waals surface area contributed by atoms with E-state index >= 15 is 0 Å². The number of nitrogens with zero attached hydrogens (tertiary/aromatic N) is 4. The van der Waals surface area contributed by atoms with E-state index in [1.807, 2.05) is 42.0 Å². The highest BCUT2D eigenvalue weighted by Gasteiger charge is 2.52. The lowest BCUT2D eigenvalue weighted by atomic mass is 9.67. The molecule has 0 saturated heterocycles. The number of fused-ring (bicyclic) bond motifs is 13. The van der Waals surface area contributed by atoms with E-state index in [0.29, 0.717) is 0 Å². The zero-order valence-electron chi connectivity index (χ0n) is 29.9. The van der Waals surface area contributed by atoms with E-state index in [4.69, 9.17) is 9.97 Å². The van der Waals surface area contributed by atoms with Crippen LogP contribution in [-0.4, -0.2) is 15.0 Å². The van der Waals surface area contributed by atoms with Gasteiger partial charge >= 0.3 is 0 Å². The van der Waals surface area contributed by atoms with Crippen molar-refractivity contribution in [1.82, 2.24) is 15.0 Å². The Labute approximate surface area is 333 Å². The van der Waals surface area contributed by atoms with Crippen LogP contribution in [0.1, 0.15) is 22.3 Å². The van der Waals surface area contributed by atoms with E-state index in [9.17, 15) is 0 Å². The summed E-state index contributed by atoms with van der Waals surface area (Å²) in [5, 5.41) is 1.09. The van der Waals surface area contributed by atoms with Gasteiger partial charge in [0.25, 0.3) is 0 Å². The van der Waals surface area contributed by atoms with Gasteiger partial charge in [-0.3, -0.25) is 9.97 Å². The number of para-hydroxylation sites is 1. The molecule has 56 heavy (non-hydrogen) atoms. The van der Waals surface area contributed by atoms with Crippen LogP contribution < -0.4 is 4.90 Å². The quantitative estimate of drug-likeness (QED) is 0.179. The predicted molar refractivity (Wildman–Crippen MR) is 228 cm³/mol. The standard InChI is InChI=1S/C50H30N4S2/c1-2-12-31(13-3-1)32-14-8-15-33(30-32)54-42-21-5-7-23-45(42)56-49-43(54)27-25-39-48(49)55-44-22-6-4-18-36(44)50(39)37-19-11-29-52-46(37)47-38(50)24-26-41(53-47)35-16-9-20-40-34(35)17-10-28-51-40/h1-30H. The lowest BCUT2D eigenvalue weighted by Crippen LogP contribution is -2.32. The molecule has 0 saturated carbocycles. The smallest absolute Gasteiger partial charge is 0.0945 e. The molecule has 2 aliphatic heterocycles. The average Bonchev–Trinajstić information content (AvgIpc) is 3.55. The zero-order valence-corrected chi connectivity index (χ0v) is 31.6. The van der Waals surface area contributed by atoms with Crippen molar-refractivity contribution in [3.8, 4) is 33.8 Å². The average molecular weight is 751 g/mol. The van der Waals surface area contributed by atoms with Crippen molar-refractivity contribution in [2.45, 2.75) is 25.0 Å². The first-order valence-corrected chi connectivity index (χ1v) is 20.4. The van der Waals surface area contributed by atoms with Crippen LogP contribution >= 0.6 is 23.5 Å². The summed E-state index contributed by atoms with van der Waals surface area (Å²) in [6.45, 7) is 0. The summed E-state index contributed by atoms with van der Waals surface area (Å²) in [6.07, 6.45) is 3.75. The van der Waals surface area contributed by atoms with Gasteiger partial charge in [0.2, 0.25) is 0 Å². The molecule has 0 bridgehead atoms. The SMILES string of the molecule is c1ccc(-c2cccc(N3c4ccccc4Sc4c3ccc3c4Sc4ccccc4C34c3cccnc3-c3nc(-c5cccc6ncccc56)ccc34)c2)cc1. The molecular weight excluding hydrogens is 721 g/mol. The van der Waals surface area contributed by atoms with Gasteiger partial charge in [-0.05, 0) is 94.0 Å². The second-order valence-corrected chi connectivity index (χ2v) is 16.4. The third-order valence-corrected chi connectivity index (χ3v) is 13.9. The molecule has 9 aromatic rings. The maximum atomic E-state index is 5.50. The van der Waals surface area contributed by atoms with Crippen molar-refractivity contribution in [3.05, 3.63) is 205 Å². The van der Waals surface area contributed by atoms with Crippen molar-refractivity contribution >= 4 is 51.5 Å². The molecule has 5 heterocycles. The topological polar surface area (TPSA) is 41.9 Å². The van der Waals surface area contributed by atoms with Crippen molar-refractivity contribution in [1.29, 1.82) is 0 Å². The molecular formula is C50H30N4S2. The minimum absolute atomic E-state index is 0.605. The van der Waals surface area contributed by atoms with Crippen LogP contribution in [0.4, 0.5) is 17.1 Å². The Hall–Kier alpha value is -6.47. The van der Waals surface area contributed by atoms with E-state index < -0.39 is 5.41 Å². The Kier molecular flexibility index (Phi) is 6.98. The molecule has 0 radical (unpaired) electrons. The van der Waals surface area contributed by atoms with Crippen molar-refractivity contribution in [2.24, 2.45) is 0 Å². The molecule has 262 valence electrons. The lowest BCUT2D eigenvalue weighted by molar-refractivity contribution is 0.711. The number of benzene rings is 6. The van der Waals surface area contributed by atoms with Gasteiger partial charge in [-0.25, -0.2) is 4.98 Å². The van der Waals surface area contributed by atoms with Gasteiger partial charge in [-0.2, -0.15) is 0 Å². The number of hydrogen-bond acceptors (Lipinski definition) is 6. The van der Waals surface area contributed by atoms with E-state index in [-0.39, 0.29) is 0 Å². The molecule has 3 aliphatic rings. The maximum Gasteiger partial charge on any atom is 0.0945 e. The van der Waals surface area contributed by atoms with Crippen molar-refractivity contribution in [3.63, 3.8) is 0 Å². The minimum atomic E-state index is -0.605. The highest BCUT2D eigenvalue weighted by molar-refractivity contribution is 8.02. The summed E-state index contributed by atoms with van der Waals surface area (Å²) in [6, 6.07) is 61.3. The fourth-order valence-corrected chi connectivity index (χ4v) is 11.7. The van der Waals surface area contributed by atoms with Gasteiger partial charge in [0, 0.05) is 43.7 Å². The van der Waals surface area contributed by atoms with Gasteiger partial charge in [-0.15, -0.1) is 0 Å². The molecule has 6 heteroatoms. The highest BCUT2D eigenvalue weighted by atomic mass is 32.2. The monoisotopic (exact) mass is 750 g/mol. The molecule has 0 fully saturated rings. The summed E-state index contributed by atoms with van der Waals surface area (Å²) in [5.41, 5.74) is 15.0. The van der Waals surface area contributed by atoms with Crippen LogP contribution in [0.25, 0.3) is 44.7 Å². The Morgan fingerprint density at radius 1 is 0.464 bits per heavy atom. The van der Waals surface area contributed by atoms with Gasteiger partial charge < -0.3 is 4.90 Å². The summed E-state index contributed by atoms with van der Waals surface area (Å²) < 4.78 is 0. The third kappa shape index (κ3) is 4.48. The molecule has 1 atom stereocenters. The van der Waals surface area contributed by atoms with Gasteiger partial charge in [0.1, 0.15) is 0 Å². The first-order valence-electron chi connectivity index (χ1n) is 18.8. The van der Waals surface area contributed by atoms with Crippen molar-refractivity contribution in [2.75, 3.05) is 4.90 Å². The van der Waals surface area contributed by atoms with Crippen LogP contribution in [0.5, 0.6) is 0 Å². The summed E-state index contributed by atoms with van der Waals surface area (Å²) in [4.78, 5) is 22.7. The fraction of sp³-hybridized carbons (Fsp3) is 0.0200. The Balaban J connectivity index is 1.10. The van der Waals surface area contributed by atoms with E-state index in [1.54, 1.807) is 0 Å². The van der Waals surface area contributed by atoms with Crippen LogP contribution in [-0.2, 0) is 5.41 Å². The molecule has 3 aromatic heterocycles. The van der Waals surface area contributed by atoms with Gasteiger partial charge in [0.05, 0.1) is 44.3 Å². The first kappa shape index (κ1) is 31.8. The largest absolute Gasteiger partial charge is 0.308 e. The van der Waals surface area contributed by atoms with E-state index in [1.165, 1.54) is 58.8 Å². The lowest BCUT2D eigenvalue weighted by Gasteiger charge is -2.42. The number of hydrogen-bond donors (Lipinski definition) is 0. The number of aromatic nitrogens is 3. The number of pyridine rings is 3. The van der Waals surface area contributed by atoms with Crippen LogP contribution in [0, 0.1) is 0 Å². The zero-order chi connectivity index (χ0) is 36.8. The predicted octanol–water partition coefficient (Wildman–Crippen LogP) is 13.1. The second kappa shape index (κ2) is 12.3. The Morgan fingerprint density at radius 3 is 2.14 bits per heavy atom. The van der Waals surface area contributed by atoms with E-state index in [0.717, 1.165) is 44.8 Å². The maximum absolute atomic E-state index is 5.50. The molecule has 0 N–H and O–H groups in total. The molecule has 1 unspecified atom stereocenters. The number of anilines is 3. The molecule has 4 nitrogen and oxygen atoms in total. The van der Waals surface area contributed by atoms with Gasteiger partial charge in [0.15, 0.2) is 0 Å². The minimum Gasteiger partial charge on any atom is -0.308 e. The van der Waals surface area contributed by atoms with Crippen LogP contribution in [0.15, 0.2) is 202 Å². The van der Waals surface area contributed by atoms with Crippen LogP contribution in [0.3, 0.4) is 0 Å². The second-order valence-electron chi connectivity index (χ2n) is 14.3. The molecule has 6 aromatic carbocycles. The van der Waals surface area contributed by atoms with Crippen LogP contribution in [0.2, 0.25) is 0 Å². The third-order valence-electron chi connectivity index (χ3n) is 11.4. The Bertz CT molecular complexity index is 3070. The summed E-state index contributed by atoms with van der Waals surface area (Å²) >= 11 is 3.76.